The first-order valence-electron chi connectivity index (χ1n) is 9.00. The molecule has 0 N–H and O–H groups in total. The van der Waals surface area contributed by atoms with Gasteiger partial charge in [0.05, 0.1) is 0 Å². The molecule has 0 radical (unpaired) electrons. The van der Waals surface area contributed by atoms with E-state index in [2.05, 4.69) is 0 Å². The zero-order valence-electron chi connectivity index (χ0n) is 18.0. The van der Waals surface area contributed by atoms with E-state index < -0.39 is 0 Å². The van der Waals surface area contributed by atoms with E-state index in [0.717, 1.165) is 0 Å². The maximum Gasteiger partial charge on any atom is -0.0683 e. The average molecular weight is 479 g/mol. The molecule has 0 aliphatic rings. The van der Waals surface area contributed by atoms with Gasteiger partial charge in [-0.05, 0) is 0 Å². The number of hydrogen-bond donors (Lipinski definition) is 0. The second-order valence-electron chi connectivity index (χ2n) is 0. The molecule has 0 aliphatic heterocycles. The summed E-state index contributed by atoms with van der Waals surface area (Å²) in [6, 6.07) is 0. The van der Waals surface area contributed by atoms with Gasteiger partial charge in [0.2, 0.25) is 0 Å². The summed E-state index contributed by atoms with van der Waals surface area (Å²) in [6.45, 7) is 36.0. The molecule has 0 unspecified atom stereocenters. The molecule has 0 aliphatic carbocycles. The minimum absolute atomic E-state index is 0. The van der Waals surface area contributed by atoms with Crippen LogP contribution in [0.25, 0.3) is 0 Å². The molecule has 0 amide bonds. The summed E-state index contributed by atoms with van der Waals surface area (Å²) in [5.74, 6) is 0. The lowest BCUT2D eigenvalue weighted by atomic mass is 11.0. The standard InChI is InChI=1S/9C2H6.13CH4/c9*1-2;;;;;;;;;;;;;/h9*1-2H3;13*1H4. The van der Waals surface area contributed by atoms with Crippen molar-refractivity contribution >= 4 is 0 Å². The molecule has 31 heavy (non-hydrogen) atoms. The molecule has 0 bridgehead atoms. The van der Waals surface area contributed by atoms with Crippen molar-refractivity contribution in [2.45, 2.75) is 221 Å². The van der Waals surface area contributed by atoms with E-state index in [1.165, 1.54) is 0 Å². The Morgan fingerprint density at radius 2 is 0.0968 bits per heavy atom. The summed E-state index contributed by atoms with van der Waals surface area (Å²) in [6.07, 6.45) is 0. The van der Waals surface area contributed by atoms with Crippen molar-refractivity contribution < 1.29 is 0 Å². The van der Waals surface area contributed by atoms with Crippen LogP contribution in [0.15, 0.2) is 0 Å². The van der Waals surface area contributed by atoms with Crippen molar-refractivity contribution in [3.63, 3.8) is 0 Å². The van der Waals surface area contributed by atoms with Gasteiger partial charge in [0.15, 0.2) is 0 Å². The van der Waals surface area contributed by atoms with Gasteiger partial charge in [0, 0.05) is 0 Å². The Labute approximate surface area is 221 Å². The lowest BCUT2D eigenvalue weighted by Crippen LogP contribution is -0.856. The van der Waals surface area contributed by atoms with E-state index in [1.54, 1.807) is 0 Å². The van der Waals surface area contributed by atoms with Crippen LogP contribution in [0.5, 0.6) is 0 Å². The van der Waals surface area contributed by atoms with Crippen LogP contribution in [0.1, 0.15) is 221 Å². The van der Waals surface area contributed by atoms with Gasteiger partial charge >= 0.3 is 0 Å². The lowest BCUT2D eigenvalue weighted by Gasteiger charge is -1.07. The van der Waals surface area contributed by atoms with Crippen LogP contribution >= 0.6 is 0 Å². The maximum absolute atomic E-state index is 2.00. The van der Waals surface area contributed by atoms with Crippen LogP contribution in [0.2, 0.25) is 0 Å². The molecule has 0 atom stereocenters. The van der Waals surface area contributed by atoms with E-state index in [9.17, 15) is 0 Å². The van der Waals surface area contributed by atoms with Gasteiger partial charge in [-0.1, -0.05) is 221 Å². The summed E-state index contributed by atoms with van der Waals surface area (Å²) in [7, 11) is 0. The van der Waals surface area contributed by atoms with Crippen LogP contribution in [0, 0.1) is 0 Å². The van der Waals surface area contributed by atoms with Crippen LogP contribution in [0.3, 0.4) is 0 Å². The van der Waals surface area contributed by atoms with Crippen molar-refractivity contribution in [3.8, 4) is 0 Å². The van der Waals surface area contributed by atoms with E-state index in [0.29, 0.717) is 0 Å². The van der Waals surface area contributed by atoms with Gasteiger partial charge in [0.1, 0.15) is 0 Å². The highest BCUT2D eigenvalue weighted by atomic mass is 13.0. The Morgan fingerprint density at radius 1 is 0.0968 bits per heavy atom. The second kappa shape index (κ2) is 0. The van der Waals surface area contributed by atoms with E-state index in [1.807, 2.05) is 125 Å². The summed E-state index contributed by atoms with van der Waals surface area (Å²) in [5, 5.41) is 0. The predicted octanol–water partition coefficient (Wildman–Crippen LogP) is 17.5. The van der Waals surface area contributed by atoms with Gasteiger partial charge < -0.3 is 0 Å². The van der Waals surface area contributed by atoms with Crippen LogP contribution in [-0.4, -0.2) is 0 Å². The van der Waals surface area contributed by atoms with Crippen molar-refractivity contribution in [3.05, 3.63) is 0 Å². The molecule has 0 saturated carbocycles. The van der Waals surface area contributed by atoms with Crippen molar-refractivity contribution in [2.75, 3.05) is 0 Å². The summed E-state index contributed by atoms with van der Waals surface area (Å²) in [5.41, 5.74) is 0. The summed E-state index contributed by atoms with van der Waals surface area (Å²) < 4.78 is 0. The third kappa shape index (κ3) is 0. The Balaban J connectivity index is -0.00000000140. The second-order valence-corrected chi connectivity index (χ2v) is 0. The molecule has 0 aromatic rings. The normalized spacial score (nSPS) is 1.74. The molecule has 0 aromatic heterocycles. The fourth-order valence-electron chi connectivity index (χ4n) is 0. The fourth-order valence-corrected chi connectivity index (χ4v) is 0. The quantitative estimate of drug-likeness (QED) is 0.324. The van der Waals surface area contributed by atoms with E-state index in [-0.39, 0.29) is 96.5 Å². The fraction of sp³-hybridized carbons (Fsp3) is 1.00. The van der Waals surface area contributed by atoms with Crippen molar-refractivity contribution in [1.29, 1.82) is 0 Å². The molecule has 0 aromatic carbocycles. The molecule has 0 spiro atoms. The Hall–Kier alpha value is 0. The first-order chi connectivity index (χ1) is 9.00. The SMILES string of the molecule is C.C.C.C.C.C.C.C.C.C.C.C.C.CC.CC.CC.CC.CC.CC.CC.CC.CC. The highest BCUT2D eigenvalue weighted by Crippen LogP contribution is 1.16. The minimum Gasteiger partial charge on any atom is -0.0776 e. The van der Waals surface area contributed by atoms with E-state index >= 15 is 0 Å². The van der Waals surface area contributed by atoms with Gasteiger partial charge in [-0.3, -0.25) is 0 Å². The minimum atomic E-state index is 0. The molecule has 0 heterocycles. The summed E-state index contributed by atoms with van der Waals surface area (Å²) >= 11 is 0. The highest BCUT2D eigenvalue weighted by Gasteiger charge is 0.948. The summed E-state index contributed by atoms with van der Waals surface area (Å²) in [4.78, 5) is 0. The lowest BCUT2D eigenvalue weighted by molar-refractivity contribution is 1.50. The smallest absolute Gasteiger partial charge is 0.0683 e. The van der Waals surface area contributed by atoms with Gasteiger partial charge in [0.25, 0.3) is 0 Å². The maximum atomic E-state index is 2.00. The first-order valence-corrected chi connectivity index (χ1v) is 9.00. The third-order valence-electron chi connectivity index (χ3n) is 0. The van der Waals surface area contributed by atoms with Crippen LogP contribution < -0.4 is 0 Å². The topological polar surface area (TPSA) is 0 Å². The molecular weight excluding hydrogens is 372 g/mol. The van der Waals surface area contributed by atoms with Crippen LogP contribution in [0.4, 0.5) is 0 Å². The zero-order valence-corrected chi connectivity index (χ0v) is 18.0. The first kappa shape index (κ1) is 344. The predicted molar refractivity (Wildman–Crippen MR) is 190 cm³/mol. The molecule has 0 heteroatoms. The van der Waals surface area contributed by atoms with Crippen LogP contribution in [-0.2, 0) is 0 Å². The average Bonchev–Trinajstić information content (AvgIpc) is 2.63. The molecule has 230 valence electrons. The molecule has 0 nitrogen and oxygen atoms in total. The van der Waals surface area contributed by atoms with Gasteiger partial charge in [-0.2, -0.15) is 0 Å². The molecule has 0 fully saturated rings. The Bertz CT molecular complexity index is 0. The molecular formula is C31H106. The molecule has 0 rings (SSSR count). The Morgan fingerprint density at radius 3 is 0.0968 bits per heavy atom. The number of hydrogen-bond acceptors (Lipinski definition) is 0. The molecule has 0 saturated heterocycles. The number of rotatable bonds is 0. The van der Waals surface area contributed by atoms with Crippen molar-refractivity contribution in [1.82, 2.24) is 0 Å². The zero-order chi connectivity index (χ0) is 18.0. The van der Waals surface area contributed by atoms with Crippen molar-refractivity contribution in [2.24, 2.45) is 0 Å². The Kier molecular flexibility index (Phi) is 0. The largest absolute Gasteiger partial charge is 0.0776 e. The highest BCUT2D eigenvalue weighted by molar-refractivity contribution is 3.52. The third-order valence-corrected chi connectivity index (χ3v) is 0. The van der Waals surface area contributed by atoms with E-state index in [4.69, 9.17) is 0 Å². The monoisotopic (exact) mass is 479 g/mol. The van der Waals surface area contributed by atoms with Gasteiger partial charge in [-0.15, -0.1) is 0 Å². The van der Waals surface area contributed by atoms with Gasteiger partial charge in [-0.25, -0.2) is 0 Å².